The molecule has 0 aliphatic carbocycles. The van der Waals surface area contributed by atoms with E-state index in [0.29, 0.717) is 6.54 Å². The van der Waals surface area contributed by atoms with Gasteiger partial charge in [-0.25, -0.2) is 0 Å². The van der Waals surface area contributed by atoms with Crippen LogP contribution in [0.3, 0.4) is 0 Å². The van der Waals surface area contributed by atoms with E-state index in [1.54, 1.807) is 18.6 Å². The van der Waals surface area contributed by atoms with E-state index in [1.807, 2.05) is 0 Å². The minimum atomic E-state index is 0.653. The Bertz CT molecular complexity index is 187. The molecule has 0 unspecified atom stereocenters. The SMILES string of the molecule is NCCNCc1cnccn1. The van der Waals surface area contributed by atoms with Crippen LogP contribution in [0.15, 0.2) is 18.6 Å². The second kappa shape index (κ2) is 4.76. The molecule has 0 saturated carbocycles. The highest BCUT2D eigenvalue weighted by Gasteiger charge is 1.89. The van der Waals surface area contributed by atoms with Crippen molar-refractivity contribution in [2.24, 2.45) is 5.73 Å². The Morgan fingerprint density at radius 2 is 2.36 bits per heavy atom. The van der Waals surface area contributed by atoms with Gasteiger partial charge in [0.2, 0.25) is 0 Å². The van der Waals surface area contributed by atoms with E-state index in [1.165, 1.54) is 0 Å². The van der Waals surface area contributed by atoms with Gasteiger partial charge in [-0.1, -0.05) is 0 Å². The van der Waals surface area contributed by atoms with Crippen LogP contribution < -0.4 is 11.1 Å². The molecular formula is C7H12N4. The first-order chi connectivity index (χ1) is 5.43. The molecule has 11 heavy (non-hydrogen) atoms. The lowest BCUT2D eigenvalue weighted by Gasteiger charge is -1.99. The maximum Gasteiger partial charge on any atom is 0.0724 e. The molecule has 4 heteroatoms. The van der Waals surface area contributed by atoms with Crippen molar-refractivity contribution in [2.45, 2.75) is 6.54 Å². The zero-order chi connectivity index (χ0) is 7.94. The van der Waals surface area contributed by atoms with Crippen molar-refractivity contribution < 1.29 is 0 Å². The molecule has 1 heterocycles. The lowest BCUT2D eigenvalue weighted by molar-refractivity contribution is 0.679. The number of nitrogens with two attached hydrogens (primary N) is 1. The van der Waals surface area contributed by atoms with E-state index in [2.05, 4.69) is 15.3 Å². The minimum absolute atomic E-state index is 0.653. The van der Waals surface area contributed by atoms with Gasteiger partial charge >= 0.3 is 0 Å². The summed E-state index contributed by atoms with van der Waals surface area (Å²) < 4.78 is 0. The molecule has 1 aromatic rings. The molecule has 0 bridgehead atoms. The first-order valence-corrected chi connectivity index (χ1v) is 3.59. The highest BCUT2D eigenvalue weighted by atomic mass is 14.9. The van der Waals surface area contributed by atoms with Crippen molar-refractivity contribution in [3.05, 3.63) is 24.3 Å². The van der Waals surface area contributed by atoms with Crippen LogP contribution in [0.25, 0.3) is 0 Å². The number of aromatic nitrogens is 2. The van der Waals surface area contributed by atoms with Crippen molar-refractivity contribution >= 4 is 0 Å². The Morgan fingerprint density at radius 3 is 3.00 bits per heavy atom. The summed E-state index contributed by atoms with van der Waals surface area (Å²) in [6.45, 7) is 2.21. The summed E-state index contributed by atoms with van der Waals surface area (Å²) in [5.74, 6) is 0. The van der Waals surface area contributed by atoms with Gasteiger partial charge in [0.15, 0.2) is 0 Å². The molecule has 0 radical (unpaired) electrons. The zero-order valence-corrected chi connectivity index (χ0v) is 6.33. The largest absolute Gasteiger partial charge is 0.329 e. The predicted molar refractivity (Wildman–Crippen MR) is 42.8 cm³/mol. The van der Waals surface area contributed by atoms with Crippen LogP contribution in [0.4, 0.5) is 0 Å². The lowest BCUT2D eigenvalue weighted by Crippen LogP contribution is -2.22. The Hall–Kier alpha value is -1.00. The maximum atomic E-state index is 5.29. The lowest BCUT2D eigenvalue weighted by atomic mass is 10.4. The maximum absolute atomic E-state index is 5.29. The number of hydrogen-bond acceptors (Lipinski definition) is 4. The van der Waals surface area contributed by atoms with Crippen molar-refractivity contribution in [3.8, 4) is 0 Å². The molecule has 0 aromatic carbocycles. The average molecular weight is 152 g/mol. The fraction of sp³-hybridized carbons (Fsp3) is 0.429. The molecule has 0 aliphatic rings. The standard InChI is InChI=1S/C7H12N4/c8-1-2-9-5-7-6-10-3-4-11-7/h3-4,6,9H,1-2,5,8H2. The summed E-state index contributed by atoms with van der Waals surface area (Å²) in [6, 6.07) is 0. The van der Waals surface area contributed by atoms with E-state index in [0.717, 1.165) is 18.8 Å². The van der Waals surface area contributed by atoms with Gasteiger partial charge in [-0.2, -0.15) is 0 Å². The monoisotopic (exact) mass is 152 g/mol. The van der Waals surface area contributed by atoms with Crippen LogP contribution in [-0.4, -0.2) is 23.1 Å². The van der Waals surface area contributed by atoms with E-state index in [4.69, 9.17) is 5.73 Å². The van der Waals surface area contributed by atoms with Crippen LogP contribution in [0.2, 0.25) is 0 Å². The number of hydrogen-bond donors (Lipinski definition) is 2. The smallest absolute Gasteiger partial charge is 0.0724 e. The fourth-order valence-corrected chi connectivity index (χ4v) is 0.740. The van der Waals surface area contributed by atoms with Crippen molar-refractivity contribution in [1.29, 1.82) is 0 Å². The van der Waals surface area contributed by atoms with E-state index in [-0.39, 0.29) is 0 Å². The topological polar surface area (TPSA) is 63.8 Å². The highest BCUT2D eigenvalue weighted by Crippen LogP contribution is 1.86. The molecule has 1 aromatic heterocycles. The molecule has 0 amide bonds. The molecule has 0 fully saturated rings. The zero-order valence-electron chi connectivity index (χ0n) is 6.33. The third kappa shape index (κ3) is 3.06. The number of nitrogens with one attached hydrogen (secondary N) is 1. The molecule has 1 rings (SSSR count). The van der Waals surface area contributed by atoms with Crippen molar-refractivity contribution in [1.82, 2.24) is 15.3 Å². The first kappa shape index (κ1) is 8.10. The normalized spacial score (nSPS) is 9.91. The van der Waals surface area contributed by atoms with Gasteiger partial charge in [0.05, 0.1) is 5.69 Å². The summed E-state index contributed by atoms with van der Waals surface area (Å²) in [5, 5.41) is 3.12. The highest BCUT2D eigenvalue weighted by molar-refractivity contribution is 4.93. The van der Waals surface area contributed by atoms with Crippen LogP contribution in [0, 0.1) is 0 Å². The van der Waals surface area contributed by atoms with Gasteiger partial charge in [-0.15, -0.1) is 0 Å². The first-order valence-electron chi connectivity index (χ1n) is 3.59. The molecule has 0 spiro atoms. The molecule has 60 valence electrons. The van der Waals surface area contributed by atoms with Crippen LogP contribution >= 0.6 is 0 Å². The third-order valence-electron chi connectivity index (χ3n) is 1.24. The average Bonchev–Trinajstić information content (AvgIpc) is 2.07. The Balaban J connectivity index is 2.28. The van der Waals surface area contributed by atoms with E-state index in [9.17, 15) is 0 Å². The molecule has 3 N–H and O–H groups in total. The Labute approximate surface area is 65.9 Å². The van der Waals surface area contributed by atoms with Crippen LogP contribution in [0.1, 0.15) is 5.69 Å². The molecule has 0 aliphatic heterocycles. The molecular weight excluding hydrogens is 140 g/mol. The molecule has 4 nitrogen and oxygen atoms in total. The van der Waals surface area contributed by atoms with E-state index >= 15 is 0 Å². The third-order valence-corrected chi connectivity index (χ3v) is 1.24. The fourth-order valence-electron chi connectivity index (χ4n) is 0.740. The second-order valence-electron chi connectivity index (χ2n) is 2.16. The second-order valence-corrected chi connectivity index (χ2v) is 2.16. The van der Waals surface area contributed by atoms with Gasteiger partial charge in [0.25, 0.3) is 0 Å². The predicted octanol–water partition coefficient (Wildman–Crippen LogP) is -0.475. The van der Waals surface area contributed by atoms with Gasteiger partial charge in [-0.05, 0) is 0 Å². The summed E-state index contributed by atoms with van der Waals surface area (Å²) in [4.78, 5) is 8.01. The Morgan fingerprint density at radius 1 is 1.45 bits per heavy atom. The minimum Gasteiger partial charge on any atom is -0.329 e. The van der Waals surface area contributed by atoms with Crippen LogP contribution in [-0.2, 0) is 6.54 Å². The quantitative estimate of drug-likeness (QED) is 0.572. The number of rotatable bonds is 4. The number of nitrogens with zero attached hydrogens (tertiary/aromatic N) is 2. The Kier molecular flexibility index (Phi) is 3.51. The van der Waals surface area contributed by atoms with E-state index < -0.39 is 0 Å². The molecule has 0 atom stereocenters. The molecule has 0 saturated heterocycles. The summed E-state index contributed by atoms with van der Waals surface area (Å²) in [6.07, 6.45) is 5.08. The summed E-state index contributed by atoms with van der Waals surface area (Å²) >= 11 is 0. The van der Waals surface area contributed by atoms with Gasteiger partial charge < -0.3 is 11.1 Å². The van der Waals surface area contributed by atoms with Crippen molar-refractivity contribution in [2.75, 3.05) is 13.1 Å². The summed E-state index contributed by atoms with van der Waals surface area (Å²) in [7, 11) is 0. The van der Waals surface area contributed by atoms with Crippen molar-refractivity contribution in [3.63, 3.8) is 0 Å². The van der Waals surface area contributed by atoms with Crippen LogP contribution in [0.5, 0.6) is 0 Å². The summed E-state index contributed by atoms with van der Waals surface area (Å²) in [5.41, 5.74) is 6.24. The van der Waals surface area contributed by atoms with Gasteiger partial charge in [-0.3, -0.25) is 9.97 Å². The van der Waals surface area contributed by atoms with Gasteiger partial charge in [0, 0.05) is 38.2 Å². The van der Waals surface area contributed by atoms with Gasteiger partial charge in [0.1, 0.15) is 0 Å².